The molecular formula is C26H25N5O. The molecule has 2 aromatic heterocycles. The fourth-order valence-electron chi connectivity index (χ4n) is 4.00. The average molecular weight is 424 g/mol. The fraction of sp³-hybridized carbons (Fsp3) is 0.154. The molecule has 0 radical (unpaired) electrons. The minimum Gasteiger partial charge on any atom is -0.487 e. The van der Waals surface area contributed by atoms with Crippen LogP contribution in [0.5, 0.6) is 5.75 Å². The Balaban J connectivity index is 1.50. The van der Waals surface area contributed by atoms with Crippen molar-refractivity contribution < 1.29 is 4.74 Å². The van der Waals surface area contributed by atoms with Gasteiger partial charge in [-0.2, -0.15) is 0 Å². The summed E-state index contributed by atoms with van der Waals surface area (Å²) in [6.45, 7) is 0.374. The summed E-state index contributed by atoms with van der Waals surface area (Å²) in [6, 6.07) is 20.4. The quantitative estimate of drug-likeness (QED) is 0.437. The first-order valence-corrected chi connectivity index (χ1v) is 10.6. The summed E-state index contributed by atoms with van der Waals surface area (Å²) in [5.41, 5.74) is 17.3. The standard InChI is InChI=1S/C26H25N5O/c27-25-26(28,10-3-12-31-25)16-21-14-19(20-6-5-18-9-13-30-23(18)15-20)7-8-24(21)32-17-22-4-1-2-11-29-22/h1-15,25,30H,16-17,27-28H2. The maximum atomic E-state index is 6.66. The van der Waals surface area contributed by atoms with Crippen LogP contribution in [0.1, 0.15) is 11.3 Å². The molecule has 1 aliphatic rings. The van der Waals surface area contributed by atoms with Crippen molar-refractivity contribution in [1.82, 2.24) is 9.97 Å². The highest BCUT2D eigenvalue weighted by Crippen LogP contribution is 2.32. The molecule has 0 spiro atoms. The highest BCUT2D eigenvalue weighted by atomic mass is 16.5. The fourth-order valence-corrected chi connectivity index (χ4v) is 4.00. The molecular weight excluding hydrogens is 398 g/mol. The average Bonchev–Trinajstić information content (AvgIpc) is 3.29. The highest BCUT2D eigenvalue weighted by molar-refractivity contribution is 5.85. The monoisotopic (exact) mass is 423 g/mol. The van der Waals surface area contributed by atoms with Gasteiger partial charge in [-0.25, -0.2) is 0 Å². The highest BCUT2D eigenvalue weighted by Gasteiger charge is 2.32. The van der Waals surface area contributed by atoms with Crippen molar-refractivity contribution in [2.24, 2.45) is 16.5 Å². The van der Waals surface area contributed by atoms with Crippen molar-refractivity contribution in [2.75, 3.05) is 0 Å². The van der Waals surface area contributed by atoms with Crippen LogP contribution in [0.15, 0.2) is 90.2 Å². The first-order valence-electron chi connectivity index (χ1n) is 10.6. The summed E-state index contributed by atoms with van der Waals surface area (Å²) in [7, 11) is 0. The van der Waals surface area contributed by atoms with Crippen molar-refractivity contribution >= 4 is 17.1 Å². The third-order valence-electron chi connectivity index (χ3n) is 5.84. The van der Waals surface area contributed by atoms with Gasteiger partial charge in [-0.3, -0.25) is 9.98 Å². The molecule has 0 saturated carbocycles. The van der Waals surface area contributed by atoms with Crippen LogP contribution in [-0.2, 0) is 13.0 Å². The second kappa shape index (κ2) is 8.42. The molecule has 2 aromatic carbocycles. The normalized spacial score (nSPS) is 20.0. The molecule has 6 nitrogen and oxygen atoms in total. The summed E-state index contributed by atoms with van der Waals surface area (Å²) in [5.74, 6) is 0.764. The number of hydrogen-bond donors (Lipinski definition) is 3. The lowest BCUT2D eigenvalue weighted by Gasteiger charge is -2.32. The first-order chi connectivity index (χ1) is 15.6. The number of fused-ring (bicyclic) bond motifs is 1. The number of aromatic amines is 1. The van der Waals surface area contributed by atoms with Crippen LogP contribution in [0.2, 0.25) is 0 Å². The number of rotatable bonds is 6. The van der Waals surface area contributed by atoms with Gasteiger partial charge in [0, 0.05) is 30.5 Å². The van der Waals surface area contributed by atoms with Gasteiger partial charge in [0.1, 0.15) is 18.5 Å². The molecule has 32 heavy (non-hydrogen) atoms. The van der Waals surface area contributed by atoms with Gasteiger partial charge in [0.05, 0.1) is 11.2 Å². The summed E-state index contributed by atoms with van der Waals surface area (Å²) in [6.07, 6.45) is 9.15. The van der Waals surface area contributed by atoms with E-state index in [2.05, 4.69) is 51.4 Å². The lowest BCUT2D eigenvalue weighted by Crippen LogP contribution is -2.55. The van der Waals surface area contributed by atoms with Crippen LogP contribution in [0.3, 0.4) is 0 Å². The van der Waals surface area contributed by atoms with Crippen LogP contribution in [-0.4, -0.2) is 27.9 Å². The lowest BCUT2D eigenvalue weighted by atomic mass is 9.86. The molecule has 5 N–H and O–H groups in total. The number of pyridine rings is 1. The maximum absolute atomic E-state index is 6.66. The third kappa shape index (κ3) is 4.06. The van der Waals surface area contributed by atoms with Crippen molar-refractivity contribution in [3.05, 3.63) is 96.5 Å². The molecule has 1 aliphatic heterocycles. The van der Waals surface area contributed by atoms with Gasteiger partial charge in [-0.1, -0.05) is 30.3 Å². The Morgan fingerprint density at radius 1 is 1.03 bits per heavy atom. The number of aliphatic imine (C=N–C) groups is 1. The van der Waals surface area contributed by atoms with Gasteiger partial charge in [0.2, 0.25) is 0 Å². The largest absolute Gasteiger partial charge is 0.487 e. The second-order valence-corrected chi connectivity index (χ2v) is 8.10. The van der Waals surface area contributed by atoms with Gasteiger partial charge in [0.15, 0.2) is 0 Å². The number of H-pyrrole nitrogens is 1. The van der Waals surface area contributed by atoms with Crippen molar-refractivity contribution in [2.45, 2.75) is 24.7 Å². The Bertz CT molecular complexity index is 1290. The molecule has 0 amide bonds. The van der Waals surface area contributed by atoms with E-state index in [-0.39, 0.29) is 0 Å². The molecule has 6 heteroatoms. The second-order valence-electron chi connectivity index (χ2n) is 8.10. The smallest absolute Gasteiger partial charge is 0.130 e. The van der Waals surface area contributed by atoms with Crippen LogP contribution in [0, 0.1) is 0 Å². The van der Waals surface area contributed by atoms with E-state index < -0.39 is 11.7 Å². The number of nitrogens with two attached hydrogens (primary N) is 2. The predicted molar refractivity (Wildman–Crippen MR) is 129 cm³/mol. The van der Waals surface area contributed by atoms with E-state index in [1.165, 1.54) is 5.39 Å². The minimum atomic E-state index is -0.792. The first kappa shape index (κ1) is 20.2. The van der Waals surface area contributed by atoms with Crippen molar-refractivity contribution in [1.29, 1.82) is 0 Å². The van der Waals surface area contributed by atoms with E-state index in [1.54, 1.807) is 12.4 Å². The van der Waals surface area contributed by atoms with E-state index in [9.17, 15) is 0 Å². The Morgan fingerprint density at radius 3 is 2.75 bits per heavy atom. The lowest BCUT2D eigenvalue weighted by molar-refractivity contribution is 0.295. The van der Waals surface area contributed by atoms with E-state index in [1.807, 2.05) is 42.6 Å². The molecule has 2 unspecified atom stereocenters. The van der Waals surface area contributed by atoms with Gasteiger partial charge in [-0.15, -0.1) is 0 Å². The number of benzene rings is 2. The zero-order chi connectivity index (χ0) is 22.0. The number of nitrogens with one attached hydrogen (secondary N) is 1. The Kier molecular flexibility index (Phi) is 5.31. The van der Waals surface area contributed by atoms with Crippen LogP contribution < -0.4 is 16.2 Å². The van der Waals surface area contributed by atoms with Gasteiger partial charge >= 0.3 is 0 Å². The topological polar surface area (TPSA) is 102 Å². The zero-order valence-corrected chi connectivity index (χ0v) is 17.6. The number of aromatic nitrogens is 2. The van der Waals surface area contributed by atoms with Gasteiger partial charge in [0.25, 0.3) is 0 Å². The zero-order valence-electron chi connectivity index (χ0n) is 17.6. The Labute approximate surface area is 186 Å². The number of nitrogens with zero attached hydrogens (tertiary/aromatic N) is 2. The van der Waals surface area contributed by atoms with E-state index in [0.29, 0.717) is 13.0 Å². The minimum absolute atomic E-state index is 0.374. The molecule has 4 aromatic rings. The molecule has 0 aliphatic carbocycles. The summed E-state index contributed by atoms with van der Waals surface area (Å²) < 4.78 is 6.17. The summed E-state index contributed by atoms with van der Waals surface area (Å²) in [5, 5.41) is 1.18. The summed E-state index contributed by atoms with van der Waals surface area (Å²) >= 11 is 0. The SMILES string of the molecule is NC1N=CC=CC1(N)Cc1cc(-c2ccc3cc[nH]c3c2)ccc1OCc1ccccn1. The molecule has 0 saturated heterocycles. The van der Waals surface area contributed by atoms with E-state index in [0.717, 1.165) is 33.7 Å². The van der Waals surface area contributed by atoms with Crippen LogP contribution >= 0.6 is 0 Å². The van der Waals surface area contributed by atoms with Crippen molar-refractivity contribution in [3.8, 4) is 16.9 Å². The Morgan fingerprint density at radius 2 is 1.91 bits per heavy atom. The van der Waals surface area contributed by atoms with Gasteiger partial charge in [-0.05, 0) is 64.6 Å². The molecule has 0 fully saturated rings. The third-order valence-corrected chi connectivity index (χ3v) is 5.84. The van der Waals surface area contributed by atoms with Gasteiger partial charge < -0.3 is 21.2 Å². The number of ether oxygens (including phenoxy) is 1. The molecule has 160 valence electrons. The Hall–Kier alpha value is -3.74. The molecule has 3 heterocycles. The van der Waals surface area contributed by atoms with E-state index >= 15 is 0 Å². The predicted octanol–water partition coefficient (Wildman–Crippen LogP) is 3.97. The van der Waals surface area contributed by atoms with Crippen LogP contribution in [0.4, 0.5) is 0 Å². The molecule has 2 atom stereocenters. The molecule has 5 rings (SSSR count). The maximum Gasteiger partial charge on any atom is 0.130 e. The number of allylic oxidation sites excluding steroid dienone is 1. The number of hydrogen-bond acceptors (Lipinski definition) is 5. The van der Waals surface area contributed by atoms with Crippen molar-refractivity contribution in [3.63, 3.8) is 0 Å². The number of dihydropyridines is 1. The van der Waals surface area contributed by atoms with Crippen LogP contribution in [0.25, 0.3) is 22.0 Å². The summed E-state index contributed by atoms with van der Waals surface area (Å²) in [4.78, 5) is 11.9. The van der Waals surface area contributed by atoms with E-state index in [4.69, 9.17) is 16.2 Å². The molecule has 0 bridgehead atoms.